The molecule has 0 radical (unpaired) electrons. The lowest BCUT2D eigenvalue weighted by molar-refractivity contribution is 0.179. The molecule has 0 amide bonds. The zero-order valence-corrected chi connectivity index (χ0v) is 12.4. The van der Waals surface area contributed by atoms with Crippen molar-refractivity contribution in [3.05, 3.63) is 10.6 Å². The first-order valence-corrected chi connectivity index (χ1v) is 7.65. The van der Waals surface area contributed by atoms with Gasteiger partial charge in [-0.05, 0) is 13.2 Å². The predicted octanol–water partition coefficient (Wildman–Crippen LogP) is 1.97. The zero-order chi connectivity index (χ0) is 12.8. The van der Waals surface area contributed by atoms with Gasteiger partial charge in [0.05, 0.1) is 23.8 Å². The van der Waals surface area contributed by atoms with E-state index in [9.17, 15) is 5.11 Å². The monoisotopic (exact) mass is 276 g/mol. The summed E-state index contributed by atoms with van der Waals surface area (Å²) in [6, 6.07) is 0.429. The quantitative estimate of drug-likeness (QED) is 0.825. The molecule has 0 fully saturated rings. The molecule has 1 unspecified atom stereocenters. The zero-order valence-electron chi connectivity index (χ0n) is 10.8. The Morgan fingerprint density at radius 3 is 2.82 bits per heavy atom. The van der Waals surface area contributed by atoms with Crippen LogP contribution in [0.4, 0.5) is 5.13 Å². The Kier molecular flexibility index (Phi) is 6.26. The average Bonchev–Trinajstić information content (AvgIpc) is 2.72. The van der Waals surface area contributed by atoms with Gasteiger partial charge in [-0.2, -0.15) is 11.8 Å². The standard InChI is InChI=1S/C11H20N2O2S2/c1-8(7-16-4)13(2)11-12-9(6-15-3)10(5-14)17-11/h8,14H,5-7H2,1-4H3. The highest BCUT2D eigenvalue weighted by atomic mass is 32.2. The summed E-state index contributed by atoms with van der Waals surface area (Å²) >= 11 is 3.36. The number of aromatic nitrogens is 1. The van der Waals surface area contributed by atoms with Gasteiger partial charge in [0.2, 0.25) is 0 Å². The van der Waals surface area contributed by atoms with Crippen molar-refractivity contribution in [1.82, 2.24) is 4.98 Å². The Morgan fingerprint density at radius 2 is 2.29 bits per heavy atom. The molecular formula is C11H20N2O2S2. The Labute approximate surface area is 111 Å². The molecule has 1 heterocycles. The van der Waals surface area contributed by atoms with Gasteiger partial charge in [0.15, 0.2) is 5.13 Å². The lowest BCUT2D eigenvalue weighted by atomic mass is 10.3. The van der Waals surface area contributed by atoms with E-state index in [4.69, 9.17) is 4.74 Å². The Balaban J connectivity index is 2.83. The normalized spacial score (nSPS) is 12.8. The van der Waals surface area contributed by atoms with Gasteiger partial charge in [0.25, 0.3) is 0 Å². The number of aliphatic hydroxyl groups is 1. The van der Waals surface area contributed by atoms with Crippen LogP contribution in [-0.4, -0.2) is 42.3 Å². The highest BCUT2D eigenvalue weighted by Crippen LogP contribution is 2.27. The number of aliphatic hydroxyl groups excluding tert-OH is 1. The van der Waals surface area contributed by atoms with E-state index in [0.29, 0.717) is 12.6 Å². The highest BCUT2D eigenvalue weighted by Gasteiger charge is 2.16. The number of hydrogen-bond donors (Lipinski definition) is 1. The van der Waals surface area contributed by atoms with Crippen molar-refractivity contribution in [3.63, 3.8) is 0 Å². The molecule has 1 aromatic heterocycles. The molecule has 6 heteroatoms. The molecule has 1 rings (SSSR count). The van der Waals surface area contributed by atoms with Crippen molar-refractivity contribution in [3.8, 4) is 0 Å². The fraction of sp³-hybridized carbons (Fsp3) is 0.727. The molecule has 0 aliphatic rings. The van der Waals surface area contributed by atoms with Crippen molar-refractivity contribution in [2.75, 3.05) is 31.1 Å². The first-order chi connectivity index (χ1) is 8.13. The van der Waals surface area contributed by atoms with E-state index in [1.807, 2.05) is 18.8 Å². The number of methoxy groups -OCH3 is 1. The van der Waals surface area contributed by atoms with Gasteiger partial charge >= 0.3 is 0 Å². The number of hydrogen-bond acceptors (Lipinski definition) is 6. The fourth-order valence-electron chi connectivity index (χ4n) is 1.44. The minimum atomic E-state index is 0.0289. The van der Waals surface area contributed by atoms with Crippen LogP contribution in [0.3, 0.4) is 0 Å². The third kappa shape index (κ3) is 3.84. The van der Waals surface area contributed by atoms with Crippen molar-refractivity contribution in [2.24, 2.45) is 0 Å². The first kappa shape index (κ1) is 14.8. The molecule has 0 spiro atoms. The largest absolute Gasteiger partial charge is 0.391 e. The van der Waals surface area contributed by atoms with Crippen LogP contribution in [0.15, 0.2) is 0 Å². The lowest BCUT2D eigenvalue weighted by Crippen LogP contribution is -2.30. The second-order valence-electron chi connectivity index (χ2n) is 3.87. The van der Waals surface area contributed by atoms with Crippen LogP contribution in [-0.2, 0) is 18.0 Å². The lowest BCUT2D eigenvalue weighted by Gasteiger charge is -2.23. The van der Waals surface area contributed by atoms with Gasteiger partial charge in [-0.3, -0.25) is 0 Å². The SMILES string of the molecule is COCc1nc(N(C)C(C)CSC)sc1CO. The van der Waals surface area contributed by atoms with Crippen LogP contribution in [0.2, 0.25) is 0 Å². The minimum absolute atomic E-state index is 0.0289. The Hall–Kier alpha value is -0.300. The topological polar surface area (TPSA) is 45.6 Å². The molecule has 0 aliphatic heterocycles. The number of thioether (sulfide) groups is 1. The summed E-state index contributed by atoms with van der Waals surface area (Å²) in [4.78, 5) is 7.57. The van der Waals surface area contributed by atoms with Gasteiger partial charge in [-0.15, -0.1) is 0 Å². The second kappa shape index (κ2) is 7.20. The summed E-state index contributed by atoms with van der Waals surface area (Å²) in [7, 11) is 3.68. The molecule has 0 saturated heterocycles. The maximum atomic E-state index is 9.27. The van der Waals surface area contributed by atoms with Gasteiger partial charge < -0.3 is 14.7 Å². The van der Waals surface area contributed by atoms with Gasteiger partial charge in [-0.25, -0.2) is 4.98 Å². The van der Waals surface area contributed by atoms with Crippen molar-refractivity contribution >= 4 is 28.2 Å². The summed E-state index contributed by atoms with van der Waals surface area (Å²) in [5.74, 6) is 1.06. The van der Waals surface area contributed by atoms with E-state index < -0.39 is 0 Å². The van der Waals surface area contributed by atoms with Crippen LogP contribution in [0.25, 0.3) is 0 Å². The third-order valence-electron chi connectivity index (χ3n) is 2.56. The van der Waals surface area contributed by atoms with Gasteiger partial charge in [0.1, 0.15) is 0 Å². The molecule has 4 nitrogen and oxygen atoms in total. The molecule has 0 saturated carbocycles. The molecule has 1 aromatic rings. The summed E-state index contributed by atoms with van der Waals surface area (Å²) in [5, 5.41) is 10.2. The summed E-state index contributed by atoms with van der Waals surface area (Å²) in [6.07, 6.45) is 2.10. The number of nitrogens with zero attached hydrogens (tertiary/aromatic N) is 2. The molecule has 17 heavy (non-hydrogen) atoms. The Bertz CT molecular complexity index is 344. The third-order valence-corrected chi connectivity index (χ3v) is 4.55. The number of ether oxygens (including phenoxy) is 1. The molecular weight excluding hydrogens is 256 g/mol. The molecule has 0 bridgehead atoms. The first-order valence-electron chi connectivity index (χ1n) is 5.44. The number of rotatable bonds is 7. The Morgan fingerprint density at radius 1 is 1.59 bits per heavy atom. The van der Waals surface area contributed by atoms with E-state index in [1.54, 1.807) is 7.11 Å². The van der Waals surface area contributed by atoms with E-state index in [0.717, 1.165) is 21.5 Å². The van der Waals surface area contributed by atoms with E-state index in [-0.39, 0.29) is 6.61 Å². The van der Waals surface area contributed by atoms with E-state index in [1.165, 1.54) is 11.3 Å². The molecule has 0 aliphatic carbocycles. The van der Waals surface area contributed by atoms with E-state index >= 15 is 0 Å². The minimum Gasteiger partial charge on any atom is -0.391 e. The van der Waals surface area contributed by atoms with Crippen LogP contribution in [0.1, 0.15) is 17.5 Å². The van der Waals surface area contributed by atoms with Crippen molar-refractivity contribution < 1.29 is 9.84 Å². The summed E-state index contributed by atoms with van der Waals surface area (Å²) in [5.41, 5.74) is 0.846. The smallest absolute Gasteiger partial charge is 0.185 e. The van der Waals surface area contributed by atoms with Crippen molar-refractivity contribution in [2.45, 2.75) is 26.2 Å². The average molecular weight is 276 g/mol. The second-order valence-corrected chi connectivity index (χ2v) is 5.85. The molecule has 98 valence electrons. The van der Waals surface area contributed by atoms with Crippen LogP contribution in [0.5, 0.6) is 0 Å². The fourth-order valence-corrected chi connectivity index (χ4v) is 3.13. The maximum Gasteiger partial charge on any atom is 0.185 e. The van der Waals surface area contributed by atoms with Crippen LogP contribution in [0, 0.1) is 0 Å². The summed E-state index contributed by atoms with van der Waals surface area (Å²) < 4.78 is 5.08. The molecule has 0 aromatic carbocycles. The van der Waals surface area contributed by atoms with Gasteiger partial charge in [-0.1, -0.05) is 11.3 Å². The highest BCUT2D eigenvalue weighted by molar-refractivity contribution is 7.98. The number of anilines is 1. The van der Waals surface area contributed by atoms with E-state index in [2.05, 4.69) is 23.1 Å². The van der Waals surface area contributed by atoms with Crippen LogP contribution < -0.4 is 4.90 Å². The maximum absolute atomic E-state index is 9.27. The van der Waals surface area contributed by atoms with Crippen LogP contribution >= 0.6 is 23.1 Å². The predicted molar refractivity (Wildman–Crippen MR) is 75.0 cm³/mol. The molecule has 1 atom stereocenters. The molecule has 1 N–H and O–H groups in total. The summed E-state index contributed by atoms with van der Waals surface area (Å²) in [6.45, 7) is 2.66. The number of thiazole rings is 1. The van der Waals surface area contributed by atoms with Crippen molar-refractivity contribution in [1.29, 1.82) is 0 Å². The van der Waals surface area contributed by atoms with Gasteiger partial charge in [0, 0.05) is 26.0 Å².